The van der Waals surface area contributed by atoms with Gasteiger partial charge in [-0.05, 0) is 43.4 Å². The highest BCUT2D eigenvalue weighted by atomic mass is 16.5. The smallest absolute Gasteiger partial charge is 0.164 e. The Morgan fingerprint density at radius 3 is 3.10 bits per heavy atom. The molecule has 1 aromatic carbocycles. The summed E-state index contributed by atoms with van der Waals surface area (Å²) in [7, 11) is 1.61. The minimum atomic E-state index is -0.136. The largest absolute Gasteiger partial charge is 0.504 e. The monoisotopic (exact) mass is 287 g/mol. The van der Waals surface area contributed by atoms with Crippen molar-refractivity contribution in [1.82, 2.24) is 5.32 Å². The van der Waals surface area contributed by atoms with Crippen LogP contribution in [-0.4, -0.2) is 30.6 Å². The number of Topliss-reactive ketones (excluding diaryl/α,β-unsaturated/α-hetero) is 1. The van der Waals surface area contributed by atoms with Crippen molar-refractivity contribution in [2.24, 2.45) is 5.92 Å². The lowest BCUT2D eigenvalue weighted by atomic mass is 9.52. The first-order valence-electron chi connectivity index (χ1n) is 7.80. The normalized spacial score (nSPS) is 34.0. The van der Waals surface area contributed by atoms with Crippen LogP contribution in [0.25, 0.3) is 0 Å². The summed E-state index contributed by atoms with van der Waals surface area (Å²) in [6.07, 6.45) is 4.16. The van der Waals surface area contributed by atoms with Crippen LogP contribution in [0, 0.1) is 5.92 Å². The fraction of sp³-hybridized carbons (Fsp3) is 0.588. The summed E-state index contributed by atoms with van der Waals surface area (Å²) in [6.45, 7) is 0.937. The number of hydrogen-bond acceptors (Lipinski definition) is 4. The summed E-state index contributed by atoms with van der Waals surface area (Å²) in [5.41, 5.74) is 2.21. The number of benzene rings is 1. The molecule has 4 heteroatoms. The highest BCUT2D eigenvalue weighted by Crippen LogP contribution is 2.56. The topological polar surface area (TPSA) is 58.6 Å². The van der Waals surface area contributed by atoms with E-state index >= 15 is 0 Å². The van der Waals surface area contributed by atoms with Gasteiger partial charge in [0, 0.05) is 29.9 Å². The van der Waals surface area contributed by atoms with E-state index in [1.54, 1.807) is 13.2 Å². The van der Waals surface area contributed by atoms with Gasteiger partial charge in [0.15, 0.2) is 11.5 Å². The average molecular weight is 287 g/mol. The van der Waals surface area contributed by atoms with Crippen LogP contribution in [0.2, 0.25) is 0 Å². The molecule has 0 amide bonds. The maximum absolute atomic E-state index is 12.2. The Morgan fingerprint density at radius 2 is 2.29 bits per heavy atom. The van der Waals surface area contributed by atoms with Gasteiger partial charge in [-0.25, -0.2) is 0 Å². The fourth-order valence-electron chi connectivity index (χ4n) is 5.03. The van der Waals surface area contributed by atoms with E-state index in [9.17, 15) is 9.90 Å². The Labute approximate surface area is 124 Å². The van der Waals surface area contributed by atoms with Gasteiger partial charge >= 0.3 is 0 Å². The molecule has 4 nitrogen and oxygen atoms in total. The number of aromatic hydroxyl groups is 1. The third-order valence-corrected chi connectivity index (χ3v) is 5.78. The van der Waals surface area contributed by atoms with Gasteiger partial charge in [-0.15, -0.1) is 0 Å². The first-order valence-corrected chi connectivity index (χ1v) is 7.80. The Hall–Kier alpha value is -1.55. The maximum atomic E-state index is 12.2. The number of rotatable bonds is 1. The molecule has 1 aromatic rings. The molecule has 0 spiro atoms. The minimum absolute atomic E-state index is 0.136. The van der Waals surface area contributed by atoms with Crippen LogP contribution in [-0.2, 0) is 16.6 Å². The van der Waals surface area contributed by atoms with Gasteiger partial charge in [0.1, 0.15) is 5.78 Å². The number of phenolic OH excluding ortho intramolecular Hbond substituents is 1. The molecule has 112 valence electrons. The van der Waals surface area contributed by atoms with E-state index in [1.807, 2.05) is 6.07 Å². The SMILES string of the molecule is COc1c(O)ccc2c1C13CCNC(C2)C1CCC(=O)C3. The molecule has 0 aromatic heterocycles. The van der Waals surface area contributed by atoms with Crippen molar-refractivity contribution < 1.29 is 14.6 Å². The minimum Gasteiger partial charge on any atom is -0.504 e. The standard InChI is InChI=1S/C17H21NO3/c1-21-16-14(20)5-2-10-8-13-12-4-3-11(19)9-17(12,15(10)16)6-7-18-13/h2,5,12-13,18,20H,3-4,6-9H2,1H3. The summed E-state index contributed by atoms with van der Waals surface area (Å²) in [5, 5.41) is 13.8. The Balaban J connectivity index is 1.97. The molecule has 3 atom stereocenters. The van der Waals surface area contributed by atoms with Gasteiger partial charge in [0.05, 0.1) is 7.11 Å². The first-order chi connectivity index (χ1) is 10.2. The van der Waals surface area contributed by atoms with E-state index in [1.165, 1.54) is 5.56 Å². The number of methoxy groups -OCH3 is 1. The van der Waals surface area contributed by atoms with Gasteiger partial charge in [-0.1, -0.05) is 6.07 Å². The molecule has 1 saturated heterocycles. The molecule has 4 rings (SSSR count). The van der Waals surface area contributed by atoms with Gasteiger partial charge in [0.25, 0.3) is 0 Å². The van der Waals surface area contributed by atoms with Gasteiger partial charge < -0.3 is 15.2 Å². The number of ether oxygens (including phenoxy) is 1. The highest BCUT2D eigenvalue weighted by Gasteiger charge is 2.54. The number of nitrogens with one attached hydrogen (secondary N) is 1. The summed E-state index contributed by atoms with van der Waals surface area (Å²) in [6, 6.07) is 4.17. The second kappa shape index (κ2) is 4.47. The number of fused-ring (bicyclic) bond motifs is 1. The Bertz CT molecular complexity index is 612. The van der Waals surface area contributed by atoms with Gasteiger partial charge in [-0.3, -0.25) is 4.79 Å². The molecule has 3 aliphatic rings. The molecule has 21 heavy (non-hydrogen) atoms. The number of hydrogen-bond donors (Lipinski definition) is 2. The van der Waals surface area contributed by atoms with Crippen LogP contribution >= 0.6 is 0 Å². The Morgan fingerprint density at radius 1 is 1.43 bits per heavy atom. The molecular formula is C17H21NO3. The van der Waals surface area contributed by atoms with Crippen LogP contribution in [0.4, 0.5) is 0 Å². The van der Waals surface area contributed by atoms with Crippen molar-refractivity contribution in [3.8, 4) is 11.5 Å². The molecule has 1 aliphatic heterocycles. The molecule has 1 saturated carbocycles. The summed E-state index contributed by atoms with van der Waals surface area (Å²) in [4.78, 5) is 12.2. The number of carbonyl (C=O) groups excluding carboxylic acids is 1. The van der Waals surface area contributed by atoms with Crippen molar-refractivity contribution in [2.75, 3.05) is 13.7 Å². The van der Waals surface area contributed by atoms with Gasteiger partial charge in [-0.2, -0.15) is 0 Å². The molecule has 2 N–H and O–H groups in total. The lowest BCUT2D eigenvalue weighted by molar-refractivity contribution is -0.125. The third-order valence-electron chi connectivity index (χ3n) is 5.78. The molecule has 2 fully saturated rings. The predicted molar refractivity (Wildman–Crippen MR) is 78.8 cm³/mol. The van der Waals surface area contributed by atoms with E-state index in [4.69, 9.17) is 4.74 Å². The van der Waals surface area contributed by atoms with E-state index < -0.39 is 0 Å². The Kier molecular flexibility index (Phi) is 2.80. The van der Waals surface area contributed by atoms with E-state index in [0.717, 1.165) is 31.4 Å². The predicted octanol–water partition coefficient (Wildman–Crippen LogP) is 1.93. The van der Waals surface area contributed by atoms with Crippen LogP contribution in [0.1, 0.15) is 36.8 Å². The molecule has 3 unspecified atom stereocenters. The van der Waals surface area contributed by atoms with Crippen LogP contribution in [0.3, 0.4) is 0 Å². The summed E-state index contributed by atoms with van der Waals surface area (Å²) >= 11 is 0. The first kappa shape index (κ1) is 13.1. The number of piperidine rings is 1. The lowest BCUT2D eigenvalue weighted by Gasteiger charge is -2.55. The van der Waals surface area contributed by atoms with Crippen molar-refractivity contribution in [3.63, 3.8) is 0 Å². The van der Waals surface area contributed by atoms with Crippen molar-refractivity contribution >= 4 is 5.78 Å². The second-order valence-electron chi connectivity index (χ2n) is 6.68. The van der Waals surface area contributed by atoms with Crippen molar-refractivity contribution in [3.05, 3.63) is 23.3 Å². The number of phenols is 1. The zero-order valence-electron chi connectivity index (χ0n) is 12.3. The zero-order valence-corrected chi connectivity index (χ0v) is 12.3. The van der Waals surface area contributed by atoms with E-state index in [-0.39, 0.29) is 11.2 Å². The van der Waals surface area contributed by atoms with Crippen LogP contribution < -0.4 is 10.1 Å². The van der Waals surface area contributed by atoms with Crippen molar-refractivity contribution in [2.45, 2.75) is 43.6 Å². The molecular weight excluding hydrogens is 266 g/mol. The quantitative estimate of drug-likeness (QED) is 0.828. The van der Waals surface area contributed by atoms with Gasteiger partial charge in [0.2, 0.25) is 0 Å². The lowest BCUT2D eigenvalue weighted by Crippen LogP contribution is -2.60. The van der Waals surface area contributed by atoms with E-state index in [0.29, 0.717) is 36.3 Å². The maximum Gasteiger partial charge on any atom is 0.164 e. The van der Waals surface area contributed by atoms with E-state index in [2.05, 4.69) is 5.32 Å². The third kappa shape index (κ3) is 1.68. The zero-order chi connectivity index (χ0) is 14.6. The second-order valence-corrected chi connectivity index (χ2v) is 6.68. The van der Waals surface area contributed by atoms with Crippen molar-refractivity contribution in [1.29, 1.82) is 0 Å². The molecule has 2 aliphatic carbocycles. The highest BCUT2D eigenvalue weighted by molar-refractivity contribution is 5.82. The molecule has 1 heterocycles. The van der Waals surface area contributed by atoms with Crippen LogP contribution in [0.15, 0.2) is 12.1 Å². The summed E-state index contributed by atoms with van der Waals surface area (Å²) in [5.74, 6) is 1.62. The molecule has 2 bridgehead atoms. The number of ketones is 1. The fourth-order valence-corrected chi connectivity index (χ4v) is 5.03. The number of carbonyl (C=O) groups is 1. The summed E-state index contributed by atoms with van der Waals surface area (Å²) < 4.78 is 5.53. The van der Waals surface area contributed by atoms with Crippen LogP contribution in [0.5, 0.6) is 11.5 Å². The molecule has 0 radical (unpaired) electrons. The average Bonchev–Trinajstić information content (AvgIpc) is 2.47.